The monoisotopic (exact) mass is 186 g/mol. The van der Waals surface area contributed by atoms with Gasteiger partial charge in [-0.1, -0.05) is 0 Å². The summed E-state index contributed by atoms with van der Waals surface area (Å²) in [6, 6.07) is 4.12. The highest BCUT2D eigenvalue weighted by Gasteiger charge is 1.95. The quantitative estimate of drug-likeness (QED) is 0.610. The third-order valence-electron chi connectivity index (χ3n) is 1.69. The Labute approximate surface area is 76.4 Å². The second-order valence-electron chi connectivity index (χ2n) is 2.51. The maximum Gasteiger partial charge on any atom is 0.503 e. The zero-order valence-corrected chi connectivity index (χ0v) is 7.69. The fourth-order valence-electron chi connectivity index (χ4n) is 0.872. The van der Waals surface area contributed by atoms with Gasteiger partial charge >= 0.3 is 6.16 Å². The van der Waals surface area contributed by atoms with E-state index in [4.69, 9.17) is 20.7 Å². The Morgan fingerprint density at radius 2 is 2.00 bits per heavy atom. The van der Waals surface area contributed by atoms with Crippen LogP contribution in [0.3, 0.4) is 0 Å². The number of hydrogen-bond donors (Lipinski definition) is 3. The molecule has 0 unspecified atom stereocenters. The fraction of sp³-hybridized carbons (Fsp3) is 0.375. The van der Waals surface area contributed by atoms with Crippen LogP contribution in [0.25, 0.3) is 0 Å². The molecule has 0 aliphatic carbocycles. The highest BCUT2D eigenvalue weighted by Crippen LogP contribution is 2.03. The molecule has 1 aromatic rings. The van der Waals surface area contributed by atoms with Crippen molar-refractivity contribution in [1.82, 2.24) is 4.57 Å². The summed E-state index contributed by atoms with van der Waals surface area (Å²) in [5, 5.41) is 13.9. The first kappa shape index (κ1) is 11.5. The van der Waals surface area contributed by atoms with Crippen molar-refractivity contribution < 1.29 is 15.0 Å². The molecule has 0 saturated carbocycles. The smallest absolute Gasteiger partial charge is 0.450 e. The van der Waals surface area contributed by atoms with E-state index in [0.717, 1.165) is 0 Å². The highest BCUT2D eigenvalue weighted by molar-refractivity contribution is 5.53. The lowest BCUT2D eigenvalue weighted by Gasteiger charge is -1.99. The van der Waals surface area contributed by atoms with Crippen molar-refractivity contribution in [3.05, 3.63) is 23.5 Å². The van der Waals surface area contributed by atoms with E-state index in [-0.39, 0.29) is 0 Å². The van der Waals surface area contributed by atoms with Crippen molar-refractivity contribution in [3.63, 3.8) is 0 Å². The molecule has 0 aliphatic heterocycles. The predicted octanol–water partition coefficient (Wildman–Crippen LogP) is 1.01. The molecule has 74 valence electrons. The van der Waals surface area contributed by atoms with E-state index < -0.39 is 6.16 Å². The molecule has 13 heavy (non-hydrogen) atoms. The third kappa shape index (κ3) is 4.17. The Hall–Kier alpha value is -1.49. The van der Waals surface area contributed by atoms with Gasteiger partial charge in [-0.3, -0.25) is 0 Å². The van der Waals surface area contributed by atoms with E-state index in [1.54, 1.807) is 0 Å². The first-order valence-electron chi connectivity index (χ1n) is 3.72. The number of rotatable bonds is 1. The van der Waals surface area contributed by atoms with Gasteiger partial charge in [0.15, 0.2) is 0 Å². The normalized spacial score (nSPS) is 8.85. The second kappa shape index (κ2) is 5.21. The maximum atomic E-state index is 8.56. The van der Waals surface area contributed by atoms with E-state index in [1.165, 1.54) is 11.4 Å². The van der Waals surface area contributed by atoms with Gasteiger partial charge in [0.1, 0.15) is 0 Å². The molecule has 0 radical (unpaired) electrons. The summed E-state index contributed by atoms with van der Waals surface area (Å²) in [4.78, 5) is 8.56. The van der Waals surface area contributed by atoms with Gasteiger partial charge in [0, 0.05) is 25.0 Å². The first-order valence-corrected chi connectivity index (χ1v) is 3.72. The summed E-state index contributed by atoms with van der Waals surface area (Å²) < 4.78 is 2.10. The van der Waals surface area contributed by atoms with Crippen LogP contribution in [-0.4, -0.2) is 20.9 Å². The lowest BCUT2D eigenvalue weighted by atomic mass is 10.4. The van der Waals surface area contributed by atoms with Crippen LogP contribution in [0, 0.1) is 6.92 Å². The maximum absolute atomic E-state index is 8.56. The molecule has 4 N–H and O–H groups in total. The van der Waals surface area contributed by atoms with E-state index >= 15 is 0 Å². The number of carboxylic acid groups (broad SMARTS) is 2. The molecule has 0 atom stereocenters. The van der Waals surface area contributed by atoms with Crippen LogP contribution in [0.1, 0.15) is 11.4 Å². The van der Waals surface area contributed by atoms with Crippen molar-refractivity contribution in [2.24, 2.45) is 12.8 Å². The van der Waals surface area contributed by atoms with Gasteiger partial charge in [-0.15, -0.1) is 0 Å². The standard InChI is InChI=1S/C7H12N2.CH2O3/c1-6-3-4-7(5-8)9(6)2;2-1(3)4/h3-4H,5,8H2,1-2H3;(H2,2,3,4). The van der Waals surface area contributed by atoms with Gasteiger partial charge in [-0.25, -0.2) is 4.79 Å². The topological polar surface area (TPSA) is 88.5 Å². The first-order chi connectivity index (χ1) is 5.99. The Balaban J connectivity index is 0.000000310. The molecule has 0 amide bonds. The molecule has 0 aliphatic rings. The molecule has 0 aromatic carbocycles. The Morgan fingerprint density at radius 3 is 2.15 bits per heavy atom. The number of nitrogens with zero attached hydrogens (tertiary/aromatic N) is 1. The lowest BCUT2D eigenvalue weighted by Crippen LogP contribution is -2.03. The molecular weight excluding hydrogens is 172 g/mol. The average molecular weight is 186 g/mol. The third-order valence-corrected chi connectivity index (χ3v) is 1.69. The number of hydrogen-bond acceptors (Lipinski definition) is 2. The van der Waals surface area contributed by atoms with Gasteiger partial charge in [0.05, 0.1) is 0 Å². The minimum Gasteiger partial charge on any atom is -0.450 e. The van der Waals surface area contributed by atoms with Crippen LogP contribution < -0.4 is 5.73 Å². The zero-order valence-electron chi connectivity index (χ0n) is 7.69. The van der Waals surface area contributed by atoms with Crippen molar-refractivity contribution in [2.75, 3.05) is 0 Å². The molecule has 1 aromatic heterocycles. The summed E-state index contributed by atoms with van der Waals surface area (Å²) in [5.74, 6) is 0. The number of carbonyl (C=O) groups is 1. The van der Waals surface area contributed by atoms with Crippen molar-refractivity contribution in [1.29, 1.82) is 0 Å². The summed E-state index contributed by atoms with van der Waals surface area (Å²) >= 11 is 0. The molecule has 1 heterocycles. The van der Waals surface area contributed by atoms with Gasteiger partial charge in [-0.05, 0) is 19.1 Å². The van der Waals surface area contributed by atoms with Crippen LogP contribution in [-0.2, 0) is 13.6 Å². The Kier molecular flexibility index (Phi) is 4.61. The number of aromatic nitrogens is 1. The molecule has 0 fully saturated rings. The number of aryl methyl sites for hydroxylation is 1. The molecule has 5 heteroatoms. The Bertz CT molecular complexity index is 277. The minimum absolute atomic E-state index is 0.629. The largest absolute Gasteiger partial charge is 0.503 e. The zero-order chi connectivity index (χ0) is 10.4. The highest BCUT2D eigenvalue weighted by atomic mass is 16.6. The van der Waals surface area contributed by atoms with Crippen molar-refractivity contribution in [2.45, 2.75) is 13.5 Å². The van der Waals surface area contributed by atoms with Crippen LogP contribution in [0.5, 0.6) is 0 Å². The predicted molar refractivity (Wildman–Crippen MR) is 48.7 cm³/mol. The molecule has 5 nitrogen and oxygen atoms in total. The number of nitrogens with two attached hydrogens (primary N) is 1. The van der Waals surface area contributed by atoms with E-state index in [9.17, 15) is 0 Å². The molecular formula is C8H14N2O3. The van der Waals surface area contributed by atoms with Crippen LogP contribution >= 0.6 is 0 Å². The van der Waals surface area contributed by atoms with E-state index in [1.807, 2.05) is 7.05 Å². The summed E-state index contributed by atoms with van der Waals surface area (Å²) in [6.45, 7) is 2.70. The van der Waals surface area contributed by atoms with Gasteiger partial charge in [0.25, 0.3) is 0 Å². The summed E-state index contributed by atoms with van der Waals surface area (Å²) in [5.41, 5.74) is 7.89. The second-order valence-corrected chi connectivity index (χ2v) is 2.51. The van der Waals surface area contributed by atoms with Crippen LogP contribution in [0.2, 0.25) is 0 Å². The molecule has 0 spiro atoms. The molecule has 0 saturated heterocycles. The van der Waals surface area contributed by atoms with Gasteiger partial charge in [0.2, 0.25) is 0 Å². The minimum atomic E-state index is -1.83. The lowest BCUT2D eigenvalue weighted by molar-refractivity contribution is 0.137. The van der Waals surface area contributed by atoms with E-state index in [2.05, 4.69) is 23.6 Å². The molecule has 1 rings (SSSR count). The van der Waals surface area contributed by atoms with Crippen molar-refractivity contribution >= 4 is 6.16 Å². The van der Waals surface area contributed by atoms with Crippen molar-refractivity contribution in [3.8, 4) is 0 Å². The van der Waals surface area contributed by atoms with Crippen LogP contribution in [0.4, 0.5) is 4.79 Å². The summed E-state index contributed by atoms with van der Waals surface area (Å²) in [7, 11) is 2.03. The summed E-state index contributed by atoms with van der Waals surface area (Å²) in [6.07, 6.45) is -1.83. The van der Waals surface area contributed by atoms with Gasteiger partial charge < -0.3 is 20.5 Å². The van der Waals surface area contributed by atoms with Crippen LogP contribution in [0.15, 0.2) is 12.1 Å². The average Bonchev–Trinajstić information content (AvgIpc) is 2.32. The Morgan fingerprint density at radius 1 is 1.54 bits per heavy atom. The van der Waals surface area contributed by atoms with Gasteiger partial charge in [-0.2, -0.15) is 0 Å². The fourth-order valence-corrected chi connectivity index (χ4v) is 0.872. The van der Waals surface area contributed by atoms with E-state index in [0.29, 0.717) is 6.54 Å². The molecule has 0 bridgehead atoms. The SMILES string of the molecule is Cc1ccc(CN)n1C.O=C(O)O.